The van der Waals surface area contributed by atoms with Gasteiger partial charge in [-0.15, -0.1) is 0 Å². The Balaban J connectivity index is 2.04. The van der Waals surface area contributed by atoms with Crippen LogP contribution in [0.15, 0.2) is 18.2 Å². The molecule has 0 radical (unpaired) electrons. The Morgan fingerprint density at radius 3 is 2.67 bits per heavy atom. The van der Waals surface area contributed by atoms with Gasteiger partial charge in [0.05, 0.1) is 20.3 Å². The number of carbonyl (C=O) groups is 1. The van der Waals surface area contributed by atoms with E-state index in [0.717, 1.165) is 5.69 Å². The van der Waals surface area contributed by atoms with Crippen LogP contribution in [0.5, 0.6) is 0 Å². The Bertz CT molecular complexity index is 452. The number of anilines is 1. The maximum Gasteiger partial charge on any atom is 0.318 e. The molecule has 4 nitrogen and oxygen atoms in total. The summed E-state index contributed by atoms with van der Waals surface area (Å²) in [6, 6.07) is 6.21. The Labute approximate surface area is 107 Å². The van der Waals surface area contributed by atoms with E-state index in [4.69, 9.17) is 9.47 Å². The highest BCUT2D eigenvalue weighted by Gasteiger charge is 2.47. The van der Waals surface area contributed by atoms with E-state index in [0.29, 0.717) is 19.8 Å². The molecule has 0 atom stereocenters. The Kier molecular flexibility index (Phi) is 3.57. The molecule has 18 heavy (non-hydrogen) atoms. The van der Waals surface area contributed by atoms with Crippen molar-refractivity contribution in [2.24, 2.45) is 5.41 Å². The van der Waals surface area contributed by atoms with Crippen LogP contribution in [0.1, 0.15) is 11.1 Å². The van der Waals surface area contributed by atoms with Crippen molar-refractivity contribution >= 4 is 11.7 Å². The van der Waals surface area contributed by atoms with E-state index >= 15 is 0 Å². The standard InChI is InChI=1S/C14H19NO3/c1-10-4-5-12(11(2)6-10)15-7-14(8-18-9-14)13(16)17-3/h4-6,15H,7-9H2,1-3H3. The first-order valence-electron chi connectivity index (χ1n) is 6.05. The average Bonchev–Trinajstić information content (AvgIpc) is 2.29. The van der Waals surface area contributed by atoms with Crippen LogP contribution in [0.3, 0.4) is 0 Å². The molecule has 1 aliphatic rings. The van der Waals surface area contributed by atoms with Crippen LogP contribution in [0.4, 0.5) is 5.69 Å². The molecule has 0 amide bonds. The van der Waals surface area contributed by atoms with Gasteiger partial charge in [0.1, 0.15) is 5.41 Å². The Morgan fingerprint density at radius 2 is 2.17 bits per heavy atom. The van der Waals surface area contributed by atoms with Crippen molar-refractivity contribution in [3.63, 3.8) is 0 Å². The molecule has 1 N–H and O–H groups in total. The highest BCUT2D eigenvalue weighted by Crippen LogP contribution is 2.30. The molecular weight excluding hydrogens is 230 g/mol. The molecule has 0 unspecified atom stereocenters. The number of hydrogen-bond donors (Lipinski definition) is 1. The van der Waals surface area contributed by atoms with Crippen molar-refractivity contribution in [3.8, 4) is 0 Å². The van der Waals surface area contributed by atoms with Crippen LogP contribution in [-0.2, 0) is 14.3 Å². The van der Waals surface area contributed by atoms with Gasteiger partial charge in [0.15, 0.2) is 0 Å². The van der Waals surface area contributed by atoms with Crippen molar-refractivity contribution < 1.29 is 14.3 Å². The monoisotopic (exact) mass is 249 g/mol. The minimum atomic E-state index is -0.522. The van der Waals surface area contributed by atoms with Crippen molar-refractivity contribution in [1.82, 2.24) is 0 Å². The number of carbonyl (C=O) groups excluding carboxylic acids is 1. The minimum Gasteiger partial charge on any atom is -0.468 e. The van der Waals surface area contributed by atoms with Crippen molar-refractivity contribution in [2.45, 2.75) is 13.8 Å². The highest BCUT2D eigenvalue weighted by molar-refractivity contribution is 5.79. The molecular formula is C14H19NO3. The molecule has 0 aliphatic carbocycles. The fourth-order valence-corrected chi connectivity index (χ4v) is 2.13. The van der Waals surface area contributed by atoms with E-state index in [9.17, 15) is 4.79 Å². The zero-order valence-corrected chi connectivity index (χ0v) is 11.1. The molecule has 98 valence electrons. The third-order valence-corrected chi connectivity index (χ3v) is 3.37. The summed E-state index contributed by atoms with van der Waals surface area (Å²) in [6.45, 7) is 5.52. The molecule has 0 aromatic heterocycles. The molecule has 0 bridgehead atoms. The Hall–Kier alpha value is -1.55. The van der Waals surface area contributed by atoms with Crippen molar-refractivity contribution in [3.05, 3.63) is 29.3 Å². The van der Waals surface area contributed by atoms with Crippen LogP contribution >= 0.6 is 0 Å². The summed E-state index contributed by atoms with van der Waals surface area (Å²) in [5, 5.41) is 3.32. The lowest BCUT2D eigenvalue weighted by Crippen LogP contribution is -2.54. The van der Waals surface area contributed by atoms with Gasteiger partial charge in [-0.25, -0.2) is 0 Å². The lowest BCUT2D eigenvalue weighted by atomic mass is 9.86. The van der Waals surface area contributed by atoms with Gasteiger partial charge < -0.3 is 14.8 Å². The number of nitrogens with one attached hydrogen (secondary N) is 1. The fraction of sp³-hybridized carbons (Fsp3) is 0.500. The number of ether oxygens (including phenoxy) is 2. The van der Waals surface area contributed by atoms with E-state index in [1.54, 1.807) is 0 Å². The van der Waals surface area contributed by atoms with E-state index in [2.05, 4.69) is 31.3 Å². The highest BCUT2D eigenvalue weighted by atomic mass is 16.5. The van der Waals surface area contributed by atoms with Gasteiger partial charge in [0.25, 0.3) is 0 Å². The molecule has 1 fully saturated rings. The molecule has 0 saturated carbocycles. The lowest BCUT2D eigenvalue weighted by Gasteiger charge is -2.38. The summed E-state index contributed by atoms with van der Waals surface area (Å²) in [7, 11) is 1.42. The van der Waals surface area contributed by atoms with E-state index in [1.807, 2.05) is 6.07 Å². The maximum absolute atomic E-state index is 11.7. The van der Waals surface area contributed by atoms with Gasteiger partial charge in [-0.05, 0) is 25.5 Å². The first kappa shape index (κ1) is 12.9. The molecule has 1 heterocycles. The van der Waals surface area contributed by atoms with Crippen LogP contribution in [0.25, 0.3) is 0 Å². The molecule has 1 aromatic rings. The first-order valence-corrected chi connectivity index (χ1v) is 6.05. The number of aryl methyl sites for hydroxylation is 2. The summed E-state index contributed by atoms with van der Waals surface area (Å²) in [5.74, 6) is -0.203. The normalized spacial score (nSPS) is 16.8. The topological polar surface area (TPSA) is 47.6 Å². The summed E-state index contributed by atoms with van der Waals surface area (Å²) in [6.07, 6.45) is 0. The number of hydrogen-bond acceptors (Lipinski definition) is 4. The van der Waals surface area contributed by atoms with E-state index < -0.39 is 5.41 Å². The van der Waals surface area contributed by atoms with Gasteiger partial charge in [-0.1, -0.05) is 17.7 Å². The second-order valence-electron chi connectivity index (χ2n) is 4.94. The van der Waals surface area contributed by atoms with Crippen molar-refractivity contribution in [1.29, 1.82) is 0 Å². The van der Waals surface area contributed by atoms with E-state index in [-0.39, 0.29) is 5.97 Å². The zero-order chi connectivity index (χ0) is 13.2. The zero-order valence-electron chi connectivity index (χ0n) is 11.1. The molecule has 1 aromatic carbocycles. The first-order chi connectivity index (χ1) is 8.57. The lowest BCUT2D eigenvalue weighted by molar-refractivity contribution is -0.180. The van der Waals surface area contributed by atoms with Gasteiger partial charge in [0.2, 0.25) is 0 Å². The average molecular weight is 249 g/mol. The van der Waals surface area contributed by atoms with Gasteiger partial charge in [-0.3, -0.25) is 4.79 Å². The van der Waals surface area contributed by atoms with Crippen molar-refractivity contribution in [2.75, 3.05) is 32.2 Å². The number of benzene rings is 1. The SMILES string of the molecule is COC(=O)C1(CNc2ccc(C)cc2C)COC1. The van der Waals surface area contributed by atoms with Gasteiger partial charge >= 0.3 is 5.97 Å². The number of esters is 1. The predicted molar refractivity (Wildman–Crippen MR) is 69.7 cm³/mol. The summed E-state index contributed by atoms with van der Waals surface area (Å²) in [5.41, 5.74) is 2.94. The molecule has 1 aliphatic heterocycles. The van der Waals surface area contributed by atoms with Crippen LogP contribution < -0.4 is 5.32 Å². The Morgan fingerprint density at radius 1 is 1.44 bits per heavy atom. The maximum atomic E-state index is 11.7. The number of rotatable bonds is 4. The second kappa shape index (κ2) is 4.98. The molecule has 4 heteroatoms. The van der Waals surface area contributed by atoms with Crippen LogP contribution in [-0.4, -0.2) is 32.8 Å². The summed E-state index contributed by atoms with van der Waals surface area (Å²) in [4.78, 5) is 11.7. The smallest absolute Gasteiger partial charge is 0.318 e. The molecule has 2 rings (SSSR count). The van der Waals surface area contributed by atoms with Gasteiger partial charge in [-0.2, -0.15) is 0 Å². The van der Waals surface area contributed by atoms with E-state index in [1.165, 1.54) is 18.2 Å². The second-order valence-corrected chi connectivity index (χ2v) is 4.94. The molecule has 0 spiro atoms. The number of methoxy groups -OCH3 is 1. The van der Waals surface area contributed by atoms with Crippen LogP contribution in [0, 0.1) is 19.3 Å². The van der Waals surface area contributed by atoms with Crippen LogP contribution in [0.2, 0.25) is 0 Å². The molecule has 1 saturated heterocycles. The largest absolute Gasteiger partial charge is 0.468 e. The summed E-state index contributed by atoms with van der Waals surface area (Å²) < 4.78 is 9.99. The minimum absolute atomic E-state index is 0.203. The third kappa shape index (κ3) is 2.34. The third-order valence-electron chi connectivity index (χ3n) is 3.37. The fourth-order valence-electron chi connectivity index (χ4n) is 2.13. The van der Waals surface area contributed by atoms with Gasteiger partial charge in [0, 0.05) is 12.2 Å². The summed E-state index contributed by atoms with van der Waals surface area (Å²) >= 11 is 0. The quantitative estimate of drug-likeness (QED) is 0.828. The predicted octanol–water partition coefficient (Wildman–Crippen LogP) is 1.90.